The third-order valence-corrected chi connectivity index (χ3v) is 8.64. The van der Waals surface area contributed by atoms with E-state index in [1.165, 1.54) is 4.31 Å². The van der Waals surface area contributed by atoms with Crippen LogP contribution in [0, 0.1) is 12.8 Å². The first kappa shape index (κ1) is 22.4. The standard InChI is InChI=1S/C21H24N4O5S2/c1-14-23-20(24-30-14)17-10-19(31-13-17)32(27,28)25-9-5-7-16(12-25)21(26)22-11-15-6-3-4-8-18(15)29-2/h3-4,6,8,10,13,16H,5,7,9,11-12H2,1-2H3,(H,22,26)/t16-/m1/s1. The minimum Gasteiger partial charge on any atom is -0.496 e. The summed E-state index contributed by atoms with van der Waals surface area (Å²) in [5.74, 6) is 0.893. The zero-order valence-electron chi connectivity index (χ0n) is 17.8. The number of aryl methyl sites for hydroxylation is 1. The number of ether oxygens (including phenoxy) is 1. The highest BCUT2D eigenvalue weighted by Gasteiger charge is 2.34. The molecule has 170 valence electrons. The molecule has 1 fully saturated rings. The van der Waals surface area contributed by atoms with Gasteiger partial charge >= 0.3 is 0 Å². The van der Waals surface area contributed by atoms with Crippen molar-refractivity contribution in [1.82, 2.24) is 19.8 Å². The lowest BCUT2D eigenvalue weighted by molar-refractivity contribution is -0.126. The SMILES string of the molecule is COc1ccccc1CNC(=O)[C@@H]1CCCN(S(=O)(=O)c2cc(-c3noc(C)n3)cs2)C1. The van der Waals surface area contributed by atoms with Crippen molar-refractivity contribution in [1.29, 1.82) is 0 Å². The normalized spacial score (nSPS) is 17.2. The number of rotatable bonds is 7. The van der Waals surface area contributed by atoms with Crippen LogP contribution >= 0.6 is 11.3 Å². The van der Waals surface area contributed by atoms with E-state index in [4.69, 9.17) is 9.26 Å². The Bertz CT molecular complexity index is 1200. The second kappa shape index (κ2) is 9.39. The van der Waals surface area contributed by atoms with Gasteiger partial charge in [0.1, 0.15) is 9.96 Å². The second-order valence-corrected chi connectivity index (χ2v) is 10.6. The lowest BCUT2D eigenvalue weighted by atomic mass is 9.98. The maximum absolute atomic E-state index is 13.2. The average molecular weight is 477 g/mol. The molecule has 1 aliphatic rings. The number of hydrogen-bond donors (Lipinski definition) is 1. The van der Waals surface area contributed by atoms with Gasteiger partial charge in [-0.25, -0.2) is 8.42 Å². The largest absolute Gasteiger partial charge is 0.496 e. The maximum Gasteiger partial charge on any atom is 0.252 e. The Labute approximate surface area is 190 Å². The molecule has 0 bridgehead atoms. The first-order chi connectivity index (χ1) is 15.4. The number of para-hydroxylation sites is 1. The lowest BCUT2D eigenvalue weighted by Crippen LogP contribution is -2.45. The first-order valence-corrected chi connectivity index (χ1v) is 12.5. The summed E-state index contributed by atoms with van der Waals surface area (Å²) < 4.78 is 38.3. The maximum atomic E-state index is 13.2. The highest BCUT2D eigenvalue weighted by Crippen LogP contribution is 2.31. The average Bonchev–Trinajstić information content (AvgIpc) is 3.47. The number of carbonyl (C=O) groups is 1. The van der Waals surface area contributed by atoms with E-state index in [9.17, 15) is 13.2 Å². The van der Waals surface area contributed by atoms with Crippen molar-refractivity contribution < 1.29 is 22.5 Å². The topological polar surface area (TPSA) is 115 Å². The van der Waals surface area contributed by atoms with Gasteiger partial charge in [0.2, 0.25) is 17.6 Å². The van der Waals surface area contributed by atoms with E-state index < -0.39 is 15.9 Å². The Kier molecular flexibility index (Phi) is 6.58. The summed E-state index contributed by atoms with van der Waals surface area (Å²) in [6.07, 6.45) is 1.26. The molecule has 1 atom stereocenters. The zero-order valence-corrected chi connectivity index (χ0v) is 19.4. The monoisotopic (exact) mass is 476 g/mol. The number of nitrogens with zero attached hydrogens (tertiary/aromatic N) is 3. The van der Waals surface area contributed by atoms with Crippen LogP contribution in [0.1, 0.15) is 24.3 Å². The Morgan fingerprint density at radius 3 is 2.94 bits per heavy atom. The molecular formula is C21H24N4O5S2. The molecule has 1 saturated heterocycles. The van der Waals surface area contributed by atoms with E-state index in [1.807, 2.05) is 24.3 Å². The Morgan fingerprint density at radius 2 is 2.19 bits per heavy atom. The fourth-order valence-corrected chi connectivity index (χ4v) is 6.50. The molecule has 1 aliphatic heterocycles. The summed E-state index contributed by atoms with van der Waals surface area (Å²) in [5, 5.41) is 8.45. The highest BCUT2D eigenvalue weighted by molar-refractivity contribution is 7.91. The molecule has 32 heavy (non-hydrogen) atoms. The molecule has 9 nitrogen and oxygen atoms in total. The van der Waals surface area contributed by atoms with E-state index in [-0.39, 0.29) is 16.7 Å². The predicted molar refractivity (Wildman–Crippen MR) is 119 cm³/mol. The number of carbonyl (C=O) groups excluding carboxylic acids is 1. The Hall–Kier alpha value is -2.76. The van der Waals surface area contributed by atoms with Crippen LogP contribution in [0.4, 0.5) is 0 Å². The molecule has 0 unspecified atom stereocenters. The molecule has 0 spiro atoms. The molecule has 1 aromatic carbocycles. The van der Waals surface area contributed by atoms with Crippen LogP contribution in [0.25, 0.3) is 11.4 Å². The van der Waals surface area contributed by atoms with Crippen molar-refractivity contribution >= 4 is 27.3 Å². The number of sulfonamides is 1. The molecule has 0 saturated carbocycles. The van der Waals surface area contributed by atoms with Crippen molar-refractivity contribution in [2.24, 2.45) is 5.92 Å². The van der Waals surface area contributed by atoms with E-state index >= 15 is 0 Å². The predicted octanol–water partition coefficient (Wildman–Crippen LogP) is 2.83. The molecule has 0 aliphatic carbocycles. The fraction of sp³-hybridized carbons (Fsp3) is 0.381. The van der Waals surface area contributed by atoms with Crippen LogP contribution in [0.5, 0.6) is 5.75 Å². The number of hydrogen-bond acceptors (Lipinski definition) is 8. The van der Waals surface area contributed by atoms with Crippen LogP contribution < -0.4 is 10.1 Å². The van der Waals surface area contributed by atoms with Gasteiger partial charge in [-0.2, -0.15) is 9.29 Å². The summed E-state index contributed by atoms with van der Waals surface area (Å²) >= 11 is 1.11. The van der Waals surface area contributed by atoms with Crippen LogP contribution in [0.15, 0.2) is 44.4 Å². The molecule has 2 aromatic heterocycles. The number of methoxy groups -OCH3 is 1. The smallest absolute Gasteiger partial charge is 0.252 e. The summed E-state index contributed by atoms with van der Waals surface area (Å²) in [4.78, 5) is 16.9. The third kappa shape index (κ3) is 4.69. The third-order valence-electron chi connectivity index (χ3n) is 5.36. The number of nitrogens with one attached hydrogen (secondary N) is 1. The van der Waals surface area contributed by atoms with Crippen molar-refractivity contribution in [3.63, 3.8) is 0 Å². The number of thiophene rings is 1. The minimum absolute atomic E-state index is 0.147. The Morgan fingerprint density at radius 1 is 1.38 bits per heavy atom. The van der Waals surface area contributed by atoms with E-state index in [0.29, 0.717) is 49.0 Å². The summed E-state index contributed by atoms with van der Waals surface area (Å²) in [6.45, 7) is 2.53. The van der Waals surface area contributed by atoms with Gasteiger partial charge in [0, 0.05) is 43.1 Å². The van der Waals surface area contributed by atoms with E-state index in [1.54, 1.807) is 25.5 Å². The molecule has 1 amide bonds. The van der Waals surface area contributed by atoms with Gasteiger partial charge in [-0.1, -0.05) is 23.4 Å². The van der Waals surface area contributed by atoms with Crippen LogP contribution in [0.3, 0.4) is 0 Å². The van der Waals surface area contributed by atoms with Gasteiger partial charge in [0.15, 0.2) is 0 Å². The van der Waals surface area contributed by atoms with Crippen LogP contribution in [-0.2, 0) is 21.4 Å². The molecule has 4 rings (SSSR count). The Balaban J connectivity index is 1.42. The van der Waals surface area contributed by atoms with Crippen molar-refractivity contribution in [3.8, 4) is 17.1 Å². The van der Waals surface area contributed by atoms with Gasteiger partial charge < -0.3 is 14.6 Å². The van der Waals surface area contributed by atoms with Crippen molar-refractivity contribution in [2.75, 3.05) is 20.2 Å². The van der Waals surface area contributed by atoms with E-state index in [0.717, 1.165) is 16.9 Å². The molecule has 1 N–H and O–H groups in total. The highest BCUT2D eigenvalue weighted by atomic mass is 32.2. The van der Waals surface area contributed by atoms with Gasteiger partial charge in [0.05, 0.1) is 13.0 Å². The van der Waals surface area contributed by atoms with E-state index in [2.05, 4.69) is 15.5 Å². The van der Waals surface area contributed by atoms with Gasteiger partial charge in [-0.15, -0.1) is 11.3 Å². The van der Waals surface area contributed by atoms with Gasteiger partial charge in [-0.3, -0.25) is 4.79 Å². The summed E-state index contributed by atoms with van der Waals surface area (Å²) in [5.41, 5.74) is 1.46. The van der Waals surface area contributed by atoms with Gasteiger partial charge in [-0.05, 0) is 25.0 Å². The number of piperidine rings is 1. The second-order valence-electron chi connectivity index (χ2n) is 7.52. The zero-order chi connectivity index (χ0) is 22.7. The molecule has 0 radical (unpaired) electrons. The van der Waals surface area contributed by atoms with Crippen LogP contribution in [-0.4, -0.2) is 49.0 Å². The summed E-state index contributed by atoms with van der Waals surface area (Å²) in [6, 6.07) is 9.02. The first-order valence-electron chi connectivity index (χ1n) is 10.2. The fourth-order valence-electron chi connectivity index (χ4n) is 3.66. The molecule has 3 heterocycles. The minimum atomic E-state index is -3.72. The molecule has 3 aromatic rings. The molecular weight excluding hydrogens is 452 g/mol. The lowest BCUT2D eigenvalue weighted by Gasteiger charge is -2.30. The number of benzene rings is 1. The number of aromatic nitrogens is 2. The molecule has 11 heteroatoms. The van der Waals surface area contributed by atoms with Gasteiger partial charge in [0.25, 0.3) is 10.0 Å². The van der Waals surface area contributed by atoms with Crippen molar-refractivity contribution in [2.45, 2.75) is 30.5 Å². The van der Waals surface area contributed by atoms with Crippen molar-refractivity contribution in [3.05, 3.63) is 47.2 Å². The quantitative estimate of drug-likeness (QED) is 0.558. The summed E-state index contributed by atoms with van der Waals surface area (Å²) in [7, 11) is -2.14. The van der Waals surface area contributed by atoms with Crippen LogP contribution in [0.2, 0.25) is 0 Å². The number of amides is 1.